The molecule has 1 aliphatic heterocycles. The third-order valence-corrected chi connectivity index (χ3v) is 7.54. The van der Waals surface area contributed by atoms with Crippen molar-refractivity contribution >= 4 is 21.6 Å². The molecule has 3 aromatic carbocycles. The molecule has 7 nitrogen and oxygen atoms in total. The first-order valence-corrected chi connectivity index (χ1v) is 12.6. The van der Waals surface area contributed by atoms with Crippen LogP contribution in [0, 0.1) is 13.8 Å². The summed E-state index contributed by atoms with van der Waals surface area (Å²) in [5.74, 6) is 0.236. The van der Waals surface area contributed by atoms with E-state index in [2.05, 4.69) is 11.4 Å². The van der Waals surface area contributed by atoms with Crippen LogP contribution in [0.25, 0.3) is 0 Å². The smallest absolute Gasteiger partial charge is 0.255 e. The number of amides is 1. The molecule has 1 N–H and O–H groups in total. The van der Waals surface area contributed by atoms with Crippen molar-refractivity contribution in [3.05, 3.63) is 89.0 Å². The van der Waals surface area contributed by atoms with Crippen molar-refractivity contribution in [1.82, 2.24) is 4.31 Å². The molecule has 0 aliphatic carbocycles. The number of nitrogens with one attached hydrogen (secondary N) is 1. The minimum absolute atomic E-state index is 0.144. The summed E-state index contributed by atoms with van der Waals surface area (Å²) < 4.78 is 38.5. The van der Waals surface area contributed by atoms with Gasteiger partial charge < -0.3 is 14.8 Å². The lowest BCUT2D eigenvalue weighted by molar-refractivity contribution is 0.0730. The van der Waals surface area contributed by atoms with Gasteiger partial charge in [0.1, 0.15) is 12.4 Å². The van der Waals surface area contributed by atoms with E-state index >= 15 is 0 Å². The molecular weight excluding hydrogens is 452 g/mol. The van der Waals surface area contributed by atoms with Gasteiger partial charge in [0.25, 0.3) is 5.91 Å². The fourth-order valence-electron chi connectivity index (χ4n) is 3.72. The summed E-state index contributed by atoms with van der Waals surface area (Å²) in [5, 5.41) is 2.85. The van der Waals surface area contributed by atoms with Gasteiger partial charge in [-0.1, -0.05) is 42.0 Å². The quantitative estimate of drug-likeness (QED) is 0.549. The molecule has 34 heavy (non-hydrogen) atoms. The van der Waals surface area contributed by atoms with E-state index in [1.165, 1.54) is 10.4 Å². The second kappa shape index (κ2) is 10.4. The lowest BCUT2D eigenvalue weighted by Crippen LogP contribution is -2.40. The Kier molecular flexibility index (Phi) is 7.31. The third kappa shape index (κ3) is 5.64. The summed E-state index contributed by atoms with van der Waals surface area (Å²) in [7, 11) is -3.66. The van der Waals surface area contributed by atoms with Crippen LogP contribution in [-0.2, 0) is 21.4 Å². The summed E-state index contributed by atoms with van der Waals surface area (Å²) in [4.78, 5) is 13.1. The highest BCUT2D eigenvalue weighted by Crippen LogP contribution is 2.25. The van der Waals surface area contributed by atoms with Crippen LogP contribution in [0.15, 0.2) is 71.6 Å². The number of benzene rings is 3. The molecule has 0 unspecified atom stereocenters. The molecule has 1 amide bonds. The van der Waals surface area contributed by atoms with Crippen molar-refractivity contribution in [3.63, 3.8) is 0 Å². The molecule has 1 heterocycles. The summed E-state index contributed by atoms with van der Waals surface area (Å²) in [6.07, 6.45) is 0. The van der Waals surface area contributed by atoms with Crippen molar-refractivity contribution in [2.75, 3.05) is 31.6 Å². The van der Waals surface area contributed by atoms with E-state index in [1.54, 1.807) is 36.4 Å². The molecule has 1 aliphatic rings. The van der Waals surface area contributed by atoms with Crippen molar-refractivity contribution in [3.8, 4) is 5.75 Å². The minimum atomic E-state index is -3.66. The zero-order valence-corrected chi connectivity index (χ0v) is 20.1. The van der Waals surface area contributed by atoms with Crippen molar-refractivity contribution in [1.29, 1.82) is 0 Å². The number of carbonyl (C=O) groups excluding carboxylic acids is 1. The summed E-state index contributed by atoms with van der Waals surface area (Å²) in [5.41, 5.74) is 3.83. The van der Waals surface area contributed by atoms with E-state index in [1.807, 2.05) is 32.0 Å². The number of rotatable bonds is 7. The lowest BCUT2D eigenvalue weighted by atomic mass is 10.1. The summed E-state index contributed by atoms with van der Waals surface area (Å²) >= 11 is 0. The average Bonchev–Trinajstić information content (AvgIpc) is 2.85. The molecule has 8 heteroatoms. The highest BCUT2D eigenvalue weighted by molar-refractivity contribution is 7.89. The molecular formula is C26H28N2O5S. The van der Waals surface area contributed by atoms with Gasteiger partial charge in [0.05, 0.1) is 18.1 Å². The third-order valence-electron chi connectivity index (χ3n) is 5.65. The second-order valence-electron chi connectivity index (χ2n) is 8.25. The Balaban J connectivity index is 1.48. The number of morpholine rings is 1. The van der Waals surface area contributed by atoms with E-state index in [0.717, 1.165) is 16.7 Å². The van der Waals surface area contributed by atoms with Gasteiger partial charge in [-0.25, -0.2) is 8.42 Å². The standard InChI is InChI=1S/C26H28N2O5S/c1-19-5-3-6-21(15-19)18-33-23-8-4-7-22(16-23)26(29)27-25-17-24(10-9-20(25)2)34(30,31)28-11-13-32-14-12-28/h3-10,15-17H,11-14,18H2,1-2H3,(H,27,29). The first-order valence-electron chi connectivity index (χ1n) is 11.1. The number of aryl methyl sites for hydroxylation is 2. The lowest BCUT2D eigenvalue weighted by Gasteiger charge is -2.26. The first kappa shape index (κ1) is 23.9. The average molecular weight is 481 g/mol. The Hall–Kier alpha value is -3.20. The summed E-state index contributed by atoms with van der Waals surface area (Å²) in [6.45, 7) is 5.61. The maximum atomic E-state index is 13.0. The highest BCUT2D eigenvalue weighted by atomic mass is 32.2. The molecule has 1 fully saturated rings. The Morgan fingerprint density at radius 3 is 2.53 bits per heavy atom. The molecule has 0 saturated carbocycles. The molecule has 4 rings (SSSR count). The zero-order valence-electron chi connectivity index (χ0n) is 19.3. The number of hydrogen-bond donors (Lipinski definition) is 1. The van der Waals surface area contributed by atoms with Crippen LogP contribution in [0.3, 0.4) is 0 Å². The van der Waals surface area contributed by atoms with Crippen LogP contribution in [0.1, 0.15) is 27.0 Å². The normalized spacial score (nSPS) is 14.5. The number of anilines is 1. The maximum absolute atomic E-state index is 13.0. The van der Waals surface area contributed by atoms with Crippen LogP contribution < -0.4 is 10.1 Å². The Bertz CT molecular complexity index is 1280. The van der Waals surface area contributed by atoms with Crippen LogP contribution in [0.2, 0.25) is 0 Å². The Morgan fingerprint density at radius 1 is 1.00 bits per heavy atom. The zero-order chi connectivity index (χ0) is 24.1. The topological polar surface area (TPSA) is 84.9 Å². The molecule has 178 valence electrons. The van der Waals surface area contributed by atoms with Crippen molar-refractivity contribution in [2.45, 2.75) is 25.3 Å². The Labute approximate surface area is 200 Å². The number of sulfonamides is 1. The van der Waals surface area contributed by atoms with Crippen LogP contribution in [0.5, 0.6) is 5.75 Å². The molecule has 0 spiro atoms. The highest BCUT2D eigenvalue weighted by Gasteiger charge is 2.27. The van der Waals surface area contributed by atoms with Gasteiger partial charge in [0, 0.05) is 24.3 Å². The van der Waals surface area contributed by atoms with Crippen molar-refractivity contribution in [2.24, 2.45) is 0 Å². The first-order chi connectivity index (χ1) is 16.3. The SMILES string of the molecule is Cc1cccc(COc2cccc(C(=O)Nc3cc(S(=O)(=O)N4CCOCC4)ccc3C)c2)c1. The monoisotopic (exact) mass is 480 g/mol. The van der Waals surface area contributed by atoms with Gasteiger partial charge in [-0.2, -0.15) is 4.31 Å². The van der Waals surface area contributed by atoms with Gasteiger partial charge in [0.2, 0.25) is 10.0 Å². The van der Waals surface area contributed by atoms with Gasteiger partial charge in [0.15, 0.2) is 0 Å². The minimum Gasteiger partial charge on any atom is -0.489 e. The molecule has 0 atom stereocenters. The number of nitrogens with zero attached hydrogens (tertiary/aromatic N) is 1. The number of carbonyl (C=O) groups is 1. The van der Waals surface area contributed by atoms with E-state index in [4.69, 9.17) is 9.47 Å². The molecule has 0 aromatic heterocycles. The van der Waals surface area contributed by atoms with Crippen LogP contribution in [-0.4, -0.2) is 44.9 Å². The molecule has 0 bridgehead atoms. The van der Waals surface area contributed by atoms with Crippen LogP contribution in [0.4, 0.5) is 5.69 Å². The van der Waals surface area contributed by atoms with Gasteiger partial charge in [-0.15, -0.1) is 0 Å². The molecule has 1 saturated heterocycles. The molecule has 3 aromatic rings. The van der Waals surface area contributed by atoms with Gasteiger partial charge in [-0.05, 0) is 55.3 Å². The predicted octanol–water partition coefficient (Wildman–Crippen LogP) is 4.16. The van der Waals surface area contributed by atoms with Gasteiger partial charge >= 0.3 is 0 Å². The largest absolute Gasteiger partial charge is 0.489 e. The number of hydrogen-bond acceptors (Lipinski definition) is 5. The van der Waals surface area contributed by atoms with E-state index in [-0.39, 0.29) is 10.8 Å². The fraction of sp³-hybridized carbons (Fsp3) is 0.269. The van der Waals surface area contributed by atoms with E-state index in [0.29, 0.717) is 49.9 Å². The van der Waals surface area contributed by atoms with Crippen molar-refractivity contribution < 1.29 is 22.7 Å². The second-order valence-corrected chi connectivity index (χ2v) is 10.2. The molecule has 0 radical (unpaired) electrons. The predicted molar refractivity (Wildman–Crippen MR) is 131 cm³/mol. The van der Waals surface area contributed by atoms with E-state index in [9.17, 15) is 13.2 Å². The van der Waals surface area contributed by atoms with Gasteiger partial charge in [-0.3, -0.25) is 4.79 Å². The summed E-state index contributed by atoms with van der Waals surface area (Å²) in [6, 6.07) is 19.7. The van der Waals surface area contributed by atoms with Crippen LogP contribution >= 0.6 is 0 Å². The van der Waals surface area contributed by atoms with E-state index < -0.39 is 10.0 Å². The maximum Gasteiger partial charge on any atom is 0.255 e. The fourth-order valence-corrected chi connectivity index (χ4v) is 5.16. The Morgan fingerprint density at radius 2 is 1.76 bits per heavy atom. The number of ether oxygens (including phenoxy) is 2.